The van der Waals surface area contributed by atoms with Gasteiger partial charge in [0, 0.05) is 17.7 Å². The number of benzene rings is 2. The van der Waals surface area contributed by atoms with Crippen LogP contribution in [0.1, 0.15) is 28.6 Å². The maximum Gasteiger partial charge on any atom is 0.420 e. The first kappa shape index (κ1) is 16.9. The van der Waals surface area contributed by atoms with Crippen molar-refractivity contribution in [3.05, 3.63) is 78.3 Å². The molecule has 136 valence electrons. The number of nitrogens with zero attached hydrogens (tertiary/aromatic N) is 1. The molecule has 0 N–H and O–H groups in total. The van der Waals surface area contributed by atoms with Crippen LogP contribution in [0.2, 0.25) is 0 Å². The normalized spacial score (nSPS) is 15.8. The molecular weight excluding hydrogens is 346 g/mol. The molecule has 1 amide bonds. The van der Waals surface area contributed by atoms with Crippen molar-refractivity contribution >= 4 is 17.6 Å². The van der Waals surface area contributed by atoms with Gasteiger partial charge < -0.3 is 13.9 Å². The van der Waals surface area contributed by atoms with Gasteiger partial charge in [-0.25, -0.2) is 4.79 Å². The van der Waals surface area contributed by atoms with Gasteiger partial charge in [0.25, 0.3) is 0 Å². The number of Topliss-reactive ketones (excluding diaryl/α,β-unsaturated/α-hetero) is 1. The first-order valence-corrected chi connectivity index (χ1v) is 8.48. The van der Waals surface area contributed by atoms with Crippen molar-refractivity contribution in [2.75, 3.05) is 12.0 Å². The lowest BCUT2D eigenvalue weighted by atomic mass is 9.96. The Bertz CT molecular complexity index is 963. The third kappa shape index (κ3) is 3.17. The Morgan fingerprint density at radius 2 is 1.85 bits per heavy atom. The van der Waals surface area contributed by atoms with Crippen molar-refractivity contribution in [3.63, 3.8) is 0 Å². The largest absolute Gasteiger partial charge is 0.497 e. The van der Waals surface area contributed by atoms with Crippen LogP contribution in [-0.2, 0) is 0 Å². The monoisotopic (exact) mass is 363 g/mol. The quantitative estimate of drug-likeness (QED) is 0.619. The summed E-state index contributed by atoms with van der Waals surface area (Å²) < 4.78 is 15.9. The van der Waals surface area contributed by atoms with Crippen LogP contribution < -0.4 is 14.4 Å². The minimum atomic E-state index is -0.531. The highest BCUT2D eigenvalue weighted by Gasteiger charge is 2.37. The number of hydrogen-bond donors (Lipinski definition) is 0. The van der Waals surface area contributed by atoms with Crippen molar-refractivity contribution in [1.82, 2.24) is 0 Å². The number of hydrogen-bond acceptors (Lipinski definition) is 5. The number of methoxy groups -OCH3 is 1. The summed E-state index contributed by atoms with van der Waals surface area (Å²) in [6, 6.07) is 17.1. The number of fused-ring (bicyclic) bond motifs is 1. The molecule has 4 rings (SSSR count). The molecule has 3 aromatic rings. The third-order valence-electron chi connectivity index (χ3n) is 4.51. The molecule has 1 aromatic heterocycles. The molecule has 6 nitrogen and oxygen atoms in total. The Labute approximate surface area is 155 Å². The topological polar surface area (TPSA) is 69.0 Å². The van der Waals surface area contributed by atoms with Crippen molar-refractivity contribution in [3.8, 4) is 11.5 Å². The fraction of sp³-hybridized carbons (Fsp3) is 0.143. The first-order chi connectivity index (χ1) is 13.2. The van der Waals surface area contributed by atoms with Crippen LogP contribution in [0.25, 0.3) is 0 Å². The van der Waals surface area contributed by atoms with Crippen molar-refractivity contribution in [2.24, 2.45) is 0 Å². The Hall–Kier alpha value is -3.54. The highest BCUT2D eigenvalue weighted by Crippen LogP contribution is 2.40. The maximum absolute atomic E-state index is 12.7. The second-order valence-corrected chi connectivity index (χ2v) is 6.09. The molecule has 0 fully saturated rings. The number of ether oxygens (including phenoxy) is 2. The average molecular weight is 363 g/mol. The highest BCUT2D eigenvalue weighted by atomic mass is 16.6. The summed E-state index contributed by atoms with van der Waals surface area (Å²) in [5.41, 5.74) is 1.39. The van der Waals surface area contributed by atoms with E-state index in [1.165, 1.54) is 11.2 Å². The molecule has 0 aliphatic carbocycles. The number of rotatable bonds is 5. The van der Waals surface area contributed by atoms with Gasteiger partial charge in [-0.15, -0.1) is 0 Å². The molecule has 2 aromatic carbocycles. The van der Waals surface area contributed by atoms with Gasteiger partial charge in [0.15, 0.2) is 11.5 Å². The van der Waals surface area contributed by atoms with Crippen molar-refractivity contribution in [2.45, 2.75) is 12.5 Å². The Kier molecular flexibility index (Phi) is 4.38. The van der Waals surface area contributed by atoms with Crippen LogP contribution in [0.4, 0.5) is 10.5 Å². The summed E-state index contributed by atoms with van der Waals surface area (Å²) in [5.74, 6) is 1.21. The van der Waals surface area contributed by atoms with Crippen LogP contribution >= 0.6 is 0 Å². The highest BCUT2D eigenvalue weighted by molar-refractivity contribution is 5.97. The lowest BCUT2D eigenvalue weighted by Gasteiger charge is -2.35. The molecule has 0 spiro atoms. The number of amides is 1. The van der Waals surface area contributed by atoms with E-state index in [0.29, 0.717) is 17.2 Å². The number of para-hydroxylation sites is 1. The van der Waals surface area contributed by atoms with E-state index in [-0.39, 0.29) is 18.0 Å². The van der Waals surface area contributed by atoms with Gasteiger partial charge in [0.05, 0.1) is 19.4 Å². The van der Waals surface area contributed by atoms with E-state index in [9.17, 15) is 9.59 Å². The van der Waals surface area contributed by atoms with Crippen molar-refractivity contribution < 1.29 is 23.5 Å². The average Bonchev–Trinajstić information content (AvgIpc) is 3.23. The SMILES string of the molecule is COc1ccc(N2C(=O)Oc3ccccc3C2CC(=O)c2ccco2)cc1. The zero-order valence-electron chi connectivity index (χ0n) is 14.6. The van der Waals surface area contributed by atoms with E-state index in [1.54, 1.807) is 55.6 Å². The minimum Gasteiger partial charge on any atom is -0.497 e. The molecule has 1 atom stereocenters. The molecule has 1 aliphatic heterocycles. The second kappa shape index (κ2) is 6.99. The van der Waals surface area contributed by atoms with Gasteiger partial charge in [-0.1, -0.05) is 18.2 Å². The van der Waals surface area contributed by atoms with Crippen LogP contribution in [0.5, 0.6) is 11.5 Å². The molecule has 6 heteroatoms. The Balaban J connectivity index is 1.74. The molecule has 0 radical (unpaired) electrons. The predicted molar refractivity (Wildman–Crippen MR) is 98.3 cm³/mol. The van der Waals surface area contributed by atoms with Gasteiger partial charge in [-0.2, -0.15) is 0 Å². The van der Waals surface area contributed by atoms with Gasteiger partial charge in [0.2, 0.25) is 0 Å². The number of carbonyl (C=O) groups excluding carboxylic acids is 2. The number of furan rings is 1. The van der Waals surface area contributed by atoms with Gasteiger partial charge in [0.1, 0.15) is 11.5 Å². The molecular formula is C21H17NO5. The number of anilines is 1. The van der Waals surface area contributed by atoms with E-state index in [1.807, 2.05) is 12.1 Å². The van der Waals surface area contributed by atoms with Gasteiger partial charge in [-0.05, 0) is 42.5 Å². The van der Waals surface area contributed by atoms with Crippen LogP contribution in [0, 0.1) is 0 Å². The fourth-order valence-corrected chi connectivity index (χ4v) is 3.20. The Morgan fingerprint density at radius 3 is 2.56 bits per heavy atom. The van der Waals surface area contributed by atoms with Crippen molar-refractivity contribution in [1.29, 1.82) is 0 Å². The predicted octanol–water partition coefficient (Wildman–Crippen LogP) is 4.62. The van der Waals surface area contributed by atoms with Crippen LogP contribution in [0.15, 0.2) is 71.3 Å². The summed E-state index contributed by atoms with van der Waals surface area (Å²) in [6.45, 7) is 0. The fourth-order valence-electron chi connectivity index (χ4n) is 3.20. The second-order valence-electron chi connectivity index (χ2n) is 6.09. The summed E-state index contributed by atoms with van der Waals surface area (Å²) >= 11 is 0. The molecule has 27 heavy (non-hydrogen) atoms. The molecule has 2 heterocycles. The van der Waals surface area contributed by atoms with Gasteiger partial charge >= 0.3 is 6.09 Å². The summed E-state index contributed by atoms with van der Waals surface area (Å²) in [4.78, 5) is 26.9. The van der Waals surface area contributed by atoms with Crippen LogP contribution in [-0.4, -0.2) is 19.0 Å². The molecule has 0 bridgehead atoms. The maximum atomic E-state index is 12.7. The molecule has 1 aliphatic rings. The zero-order chi connectivity index (χ0) is 18.8. The summed E-state index contributed by atoms with van der Waals surface area (Å²) in [7, 11) is 1.57. The Morgan fingerprint density at radius 1 is 1.07 bits per heavy atom. The lowest BCUT2D eigenvalue weighted by molar-refractivity contribution is 0.0944. The van der Waals surface area contributed by atoms with Crippen LogP contribution in [0.3, 0.4) is 0 Å². The van der Waals surface area contributed by atoms with E-state index in [4.69, 9.17) is 13.9 Å². The summed E-state index contributed by atoms with van der Waals surface area (Å²) in [5, 5.41) is 0. The molecule has 0 saturated heterocycles. The van der Waals surface area contributed by atoms with E-state index < -0.39 is 12.1 Å². The smallest absolute Gasteiger partial charge is 0.420 e. The zero-order valence-corrected chi connectivity index (χ0v) is 14.6. The van der Waals surface area contributed by atoms with E-state index in [0.717, 1.165) is 5.56 Å². The minimum absolute atomic E-state index is 0.0751. The number of carbonyl (C=O) groups is 2. The van der Waals surface area contributed by atoms with E-state index >= 15 is 0 Å². The molecule has 0 saturated carbocycles. The standard InChI is InChI=1S/C21H17NO5/c1-25-15-10-8-14(9-11-15)22-17(13-18(23)20-7-4-12-26-20)16-5-2-3-6-19(16)27-21(22)24/h2-12,17H,13H2,1H3. The first-order valence-electron chi connectivity index (χ1n) is 8.48. The lowest BCUT2D eigenvalue weighted by Crippen LogP contribution is -2.41. The third-order valence-corrected chi connectivity index (χ3v) is 4.51. The molecule has 1 unspecified atom stereocenters. The van der Waals surface area contributed by atoms with E-state index in [2.05, 4.69) is 0 Å². The summed E-state index contributed by atoms with van der Waals surface area (Å²) in [6.07, 6.45) is 1.000. The number of ketones is 1. The van der Waals surface area contributed by atoms with Gasteiger partial charge in [-0.3, -0.25) is 9.69 Å².